The van der Waals surface area contributed by atoms with Crippen LogP contribution in [0.3, 0.4) is 0 Å². The van der Waals surface area contributed by atoms with Crippen molar-refractivity contribution in [3.8, 4) is 11.5 Å². The molecule has 1 aliphatic rings. The third-order valence-corrected chi connectivity index (χ3v) is 4.32. The van der Waals surface area contributed by atoms with Crippen molar-refractivity contribution >= 4 is 21.8 Å². The zero-order valence-electron chi connectivity index (χ0n) is 11.1. The van der Waals surface area contributed by atoms with Crippen molar-refractivity contribution in [1.82, 2.24) is 5.32 Å². The summed E-state index contributed by atoms with van der Waals surface area (Å²) in [5.41, 5.74) is 0.527. The minimum absolute atomic E-state index is 0.121. The molecule has 0 radical (unpaired) electrons. The average Bonchev–Trinajstić information content (AvgIpc) is 3.28. The van der Waals surface area contributed by atoms with Crippen LogP contribution in [0.25, 0.3) is 0 Å². The number of hydrogen-bond acceptors (Lipinski definition) is 3. The van der Waals surface area contributed by atoms with Crippen molar-refractivity contribution in [3.63, 3.8) is 0 Å². The van der Waals surface area contributed by atoms with E-state index in [9.17, 15) is 4.79 Å². The van der Waals surface area contributed by atoms with Crippen LogP contribution in [-0.2, 0) is 0 Å². The maximum Gasteiger partial charge on any atom is 0.255 e. The van der Waals surface area contributed by atoms with Crippen LogP contribution in [0.4, 0.5) is 0 Å². The van der Waals surface area contributed by atoms with Gasteiger partial charge in [0.25, 0.3) is 5.91 Å². The summed E-state index contributed by atoms with van der Waals surface area (Å²) < 4.78 is 10.3. The van der Waals surface area contributed by atoms with Crippen molar-refractivity contribution in [2.24, 2.45) is 5.92 Å². The van der Waals surface area contributed by atoms with Gasteiger partial charge in [-0.1, -0.05) is 15.9 Å². The Morgan fingerprint density at radius 2 is 2.16 bits per heavy atom. The summed E-state index contributed by atoms with van der Waals surface area (Å²) in [6.45, 7) is 0.638. The molecule has 0 saturated heterocycles. The van der Waals surface area contributed by atoms with Crippen molar-refractivity contribution in [2.75, 3.05) is 20.8 Å². The highest BCUT2D eigenvalue weighted by Crippen LogP contribution is 2.36. The lowest BCUT2D eigenvalue weighted by Crippen LogP contribution is -2.30. The third kappa shape index (κ3) is 3.62. The number of halogens is 1. The highest BCUT2D eigenvalue weighted by Gasteiger charge is 2.29. The van der Waals surface area contributed by atoms with E-state index in [1.54, 1.807) is 32.4 Å². The van der Waals surface area contributed by atoms with Gasteiger partial charge in [0.1, 0.15) is 11.5 Å². The van der Waals surface area contributed by atoms with Crippen molar-refractivity contribution in [2.45, 2.75) is 17.7 Å². The molecule has 1 aromatic carbocycles. The van der Waals surface area contributed by atoms with Gasteiger partial charge in [0, 0.05) is 17.4 Å². The first-order chi connectivity index (χ1) is 9.15. The fourth-order valence-electron chi connectivity index (χ4n) is 1.90. The molecule has 1 fully saturated rings. The molecule has 1 aliphatic carbocycles. The molecule has 1 unspecified atom stereocenters. The summed E-state index contributed by atoms with van der Waals surface area (Å²) in [4.78, 5) is 12.5. The van der Waals surface area contributed by atoms with Crippen molar-refractivity contribution in [3.05, 3.63) is 23.8 Å². The molecule has 0 bridgehead atoms. The van der Waals surface area contributed by atoms with Crippen LogP contribution < -0.4 is 14.8 Å². The smallest absolute Gasteiger partial charge is 0.255 e. The van der Waals surface area contributed by atoms with Crippen LogP contribution in [0.15, 0.2) is 18.2 Å². The minimum atomic E-state index is -0.121. The van der Waals surface area contributed by atoms with Gasteiger partial charge in [-0.15, -0.1) is 0 Å². The van der Waals surface area contributed by atoms with E-state index in [1.807, 2.05) is 0 Å². The second kappa shape index (κ2) is 6.28. The molecule has 104 valence electrons. The van der Waals surface area contributed by atoms with Crippen molar-refractivity contribution in [1.29, 1.82) is 0 Å². The number of amides is 1. The quantitative estimate of drug-likeness (QED) is 0.817. The fourth-order valence-corrected chi connectivity index (χ4v) is 2.59. The van der Waals surface area contributed by atoms with Crippen LogP contribution >= 0.6 is 15.9 Å². The molecule has 0 heterocycles. The number of alkyl halides is 1. The maximum absolute atomic E-state index is 12.1. The Balaban J connectivity index is 2.00. The van der Waals surface area contributed by atoms with Gasteiger partial charge >= 0.3 is 0 Å². The van der Waals surface area contributed by atoms with Gasteiger partial charge in [0.15, 0.2) is 0 Å². The minimum Gasteiger partial charge on any atom is -0.497 e. The number of nitrogens with one attached hydrogen (secondary N) is 1. The summed E-state index contributed by atoms with van der Waals surface area (Å²) >= 11 is 3.60. The van der Waals surface area contributed by atoms with Gasteiger partial charge in [-0.05, 0) is 30.9 Å². The van der Waals surface area contributed by atoms with Crippen LogP contribution in [-0.4, -0.2) is 31.5 Å². The Hall–Kier alpha value is -1.23. The standard InChI is InChI=1S/C14H18BrNO3/c1-18-10-5-6-11(13(7-10)19-2)14(17)16-8-12(15)9-3-4-9/h5-7,9,12H,3-4,8H2,1-2H3,(H,16,17). The first-order valence-electron chi connectivity index (χ1n) is 6.30. The third-order valence-electron chi connectivity index (χ3n) is 3.24. The zero-order chi connectivity index (χ0) is 13.8. The lowest BCUT2D eigenvalue weighted by Gasteiger charge is -2.13. The Bertz CT molecular complexity index is 460. The highest BCUT2D eigenvalue weighted by molar-refractivity contribution is 9.09. The van der Waals surface area contributed by atoms with Crippen molar-refractivity contribution < 1.29 is 14.3 Å². The molecule has 4 nitrogen and oxygen atoms in total. The first-order valence-corrected chi connectivity index (χ1v) is 7.21. The van der Waals surface area contributed by atoms with E-state index in [2.05, 4.69) is 21.2 Å². The largest absolute Gasteiger partial charge is 0.497 e. The molecule has 1 saturated carbocycles. The molecule has 5 heteroatoms. The molecule has 0 aromatic heterocycles. The van der Waals surface area contributed by atoms with Crippen LogP contribution in [0.1, 0.15) is 23.2 Å². The van der Waals surface area contributed by atoms with Gasteiger partial charge in [0.05, 0.1) is 19.8 Å². The summed E-state index contributed by atoms with van der Waals surface area (Å²) in [5.74, 6) is 1.78. The van der Waals surface area contributed by atoms with Crippen LogP contribution in [0.5, 0.6) is 11.5 Å². The molecule has 1 amide bonds. The molecule has 1 aromatic rings. The molecule has 1 N–H and O–H groups in total. The SMILES string of the molecule is COc1ccc(C(=O)NCC(Br)C2CC2)c(OC)c1. The van der Waals surface area contributed by atoms with Gasteiger partial charge in [-0.3, -0.25) is 4.79 Å². The Labute approximate surface area is 121 Å². The van der Waals surface area contributed by atoms with Gasteiger partial charge in [-0.25, -0.2) is 0 Å². The predicted molar refractivity (Wildman–Crippen MR) is 77.3 cm³/mol. The molecule has 2 rings (SSSR count). The molecular formula is C14H18BrNO3. The number of ether oxygens (including phenoxy) is 2. The monoisotopic (exact) mass is 327 g/mol. The van der Waals surface area contributed by atoms with E-state index >= 15 is 0 Å². The number of rotatable bonds is 6. The number of benzene rings is 1. The van der Waals surface area contributed by atoms with Crippen LogP contribution in [0.2, 0.25) is 0 Å². The topological polar surface area (TPSA) is 47.6 Å². The molecule has 19 heavy (non-hydrogen) atoms. The molecule has 0 aliphatic heterocycles. The number of methoxy groups -OCH3 is 2. The van der Waals surface area contributed by atoms with E-state index in [4.69, 9.17) is 9.47 Å². The molecule has 1 atom stereocenters. The number of carbonyl (C=O) groups excluding carboxylic acids is 1. The Morgan fingerprint density at radius 3 is 2.74 bits per heavy atom. The van der Waals surface area contributed by atoms with Gasteiger partial charge in [0.2, 0.25) is 0 Å². The summed E-state index contributed by atoms with van der Waals surface area (Å²) in [7, 11) is 3.13. The Morgan fingerprint density at radius 1 is 1.42 bits per heavy atom. The van der Waals surface area contributed by atoms with E-state index in [-0.39, 0.29) is 5.91 Å². The fraction of sp³-hybridized carbons (Fsp3) is 0.500. The van der Waals surface area contributed by atoms with Gasteiger partial charge < -0.3 is 14.8 Å². The molecular weight excluding hydrogens is 310 g/mol. The average molecular weight is 328 g/mol. The van der Waals surface area contributed by atoms with Crippen LogP contribution in [0, 0.1) is 5.92 Å². The summed E-state index contributed by atoms with van der Waals surface area (Å²) in [5, 5.41) is 2.93. The Kier molecular flexibility index (Phi) is 4.69. The lowest BCUT2D eigenvalue weighted by atomic mass is 10.1. The van der Waals surface area contributed by atoms with Gasteiger partial charge in [-0.2, -0.15) is 0 Å². The predicted octanol–water partition coefficient (Wildman–Crippen LogP) is 2.61. The maximum atomic E-state index is 12.1. The van der Waals surface area contributed by atoms with E-state index < -0.39 is 0 Å². The second-order valence-corrected chi connectivity index (χ2v) is 5.81. The lowest BCUT2D eigenvalue weighted by molar-refractivity contribution is 0.0950. The normalized spacial score (nSPS) is 15.7. The number of carbonyl (C=O) groups is 1. The zero-order valence-corrected chi connectivity index (χ0v) is 12.7. The number of hydrogen-bond donors (Lipinski definition) is 1. The summed E-state index contributed by atoms with van der Waals surface area (Å²) in [6, 6.07) is 5.18. The summed E-state index contributed by atoms with van der Waals surface area (Å²) in [6.07, 6.45) is 2.50. The van der Waals surface area contributed by atoms with E-state index in [1.165, 1.54) is 12.8 Å². The van der Waals surface area contributed by atoms with E-state index in [0.717, 1.165) is 0 Å². The first kappa shape index (κ1) is 14.2. The van der Waals surface area contributed by atoms with E-state index in [0.29, 0.717) is 34.4 Å². The highest BCUT2D eigenvalue weighted by atomic mass is 79.9. The molecule has 0 spiro atoms. The second-order valence-electron chi connectivity index (χ2n) is 4.63.